The fourth-order valence-corrected chi connectivity index (χ4v) is 3.00. The molecule has 1 aromatic heterocycles. The van der Waals surface area contributed by atoms with Crippen molar-refractivity contribution in [3.63, 3.8) is 0 Å². The number of rotatable bonds is 6. The first kappa shape index (κ1) is 21.3. The van der Waals surface area contributed by atoms with Gasteiger partial charge in [-0.1, -0.05) is 42.4 Å². The number of tetrazole rings is 1. The highest BCUT2D eigenvalue weighted by Crippen LogP contribution is 2.32. The molecule has 0 atom stereocenters. The summed E-state index contributed by atoms with van der Waals surface area (Å²) in [6, 6.07) is 10.5. The highest BCUT2D eigenvalue weighted by molar-refractivity contribution is 6.01. The number of aryl methyl sites for hydroxylation is 2. The van der Waals surface area contributed by atoms with E-state index in [2.05, 4.69) is 15.6 Å². The molecular weight excluding hydrogens is 399 g/mol. The molecule has 3 rings (SSSR count). The summed E-state index contributed by atoms with van der Waals surface area (Å²) in [5, 5.41) is 11.5. The van der Waals surface area contributed by atoms with Crippen molar-refractivity contribution < 1.29 is 18.0 Å². The fraction of sp³-hybridized carbons (Fsp3) is 0.300. The van der Waals surface area contributed by atoms with Crippen molar-refractivity contribution in [3.05, 3.63) is 75.2 Å². The van der Waals surface area contributed by atoms with E-state index in [1.807, 2.05) is 13.0 Å². The lowest BCUT2D eigenvalue weighted by Gasteiger charge is -2.14. The molecule has 7 nitrogen and oxygen atoms in total. The molecule has 10 heteroatoms. The van der Waals surface area contributed by atoms with Gasteiger partial charge < -0.3 is 4.84 Å². The zero-order valence-electron chi connectivity index (χ0n) is 16.6. The van der Waals surface area contributed by atoms with Gasteiger partial charge in [0.2, 0.25) is 0 Å². The Kier molecular flexibility index (Phi) is 6.04. The lowest BCUT2D eigenvalue weighted by molar-refractivity contribution is -0.137. The summed E-state index contributed by atoms with van der Waals surface area (Å²) >= 11 is 0. The summed E-state index contributed by atoms with van der Waals surface area (Å²) < 4.78 is 42.2. The topological polar surface area (TPSA) is 74.3 Å². The number of aromatic nitrogens is 4. The van der Waals surface area contributed by atoms with Crippen LogP contribution in [0.2, 0.25) is 0 Å². The molecule has 0 radical (unpaired) electrons. The third kappa shape index (κ3) is 4.27. The second-order valence-electron chi connectivity index (χ2n) is 6.58. The van der Waals surface area contributed by atoms with E-state index in [0.29, 0.717) is 11.3 Å². The van der Waals surface area contributed by atoms with Gasteiger partial charge in [-0.2, -0.15) is 22.5 Å². The van der Waals surface area contributed by atoms with Crippen LogP contribution in [-0.2, 0) is 24.7 Å². The van der Waals surface area contributed by atoms with E-state index < -0.39 is 17.4 Å². The van der Waals surface area contributed by atoms with Gasteiger partial charge in [0.15, 0.2) is 0 Å². The number of nitrogens with zero attached hydrogens (tertiary/aromatic N) is 5. The van der Waals surface area contributed by atoms with Gasteiger partial charge in [0.05, 0.1) is 17.0 Å². The fourth-order valence-electron chi connectivity index (χ4n) is 3.00. The maximum Gasteiger partial charge on any atom is 0.417 e. The third-order valence-corrected chi connectivity index (χ3v) is 4.60. The molecule has 30 heavy (non-hydrogen) atoms. The molecule has 2 aromatic carbocycles. The van der Waals surface area contributed by atoms with Gasteiger partial charge in [-0.3, -0.25) is 0 Å². The van der Waals surface area contributed by atoms with Crippen LogP contribution in [0.3, 0.4) is 0 Å². The first-order chi connectivity index (χ1) is 14.2. The van der Waals surface area contributed by atoms with E-state index in [0.717, 1.165) is 21.0 Å². The number of benzene rings is 2. The van der Waals surface area contributed by atoms with Crippen LogP contribution in [-0.4, -0.2) is 25.5 Å². The number of halogens is 3. The summed E-state index contributed by atoms with van der Waals surface area (Å²) in [5.74, 6) is 0. The van der Waals surface area contributed by atoms with Crippen molar-refractivity contribution in [2.45, 2.75) is 33.1 Å². The van der Waals surface area contributed by atoms with Gasteiger partial charge in [-0.15, -0.1) is 0 Å². The van der Waals surface area contributed by atoms with Crippen LogP contribution in [0.15, 0.2) is 52.4 Å². The smallest absolute Gasteiger partial charge is 0.391 e. The van der Waals surface area contributed by atoms with Crippen LogP contribution in [0.1, 0.15) is 35.6 Å². The molecule has 0 spiro atoms. The number of hydrogen-bond acceptors (Lipinski definition) is 5. The molecule has 1 heterocycles. The van der Waals surface area contributed by atoms with Crippen molar-refractivity contribution in [1.82, 2.24) is 19.8 Å². The molecular formula is C20H20F3N5O2. The van der Waals surface area contributed by atoms with Crippen LogP contribution in [0.4, 0.5) is 13.2 Å². The number of oxime groups is 1. The average molecular weight is 419 g/mol. The molecule has 0 N–H and O–H groups in total. The molecule has 0 aliphatic rings. The molecule has 3 aromatic rings. The maximum absolute atomic E-state index is 13.3. The average Bonchev–Trinajstić information content (AvgIpc) is 3.04. The quantitative estimate of drug-likeness (QED) is 0.452. The summed E-state index contributed by atoms with van der Waals surface area (Å²) in [4.78, 5) is 17.6. The lowest BCUT2D eigenvalue weighted by Crippen LogP contribution is -2.23. The Labute approximate surface area is 170 Å². The minimum Gasteiger partial charge on any atom is -0.391 e. The SMILES string of the molecule is CC/C(=N/OCc1c(C)cccc1-n1nnn(C)c1=O)c1ccccc1C(F)(F)F. The monoisotopic (exact) mass is 419 g/mol. The van der Waals surface area contributed by atoms with Crippen LogP contribution in [0.25, 0.3) is 5.69 Å². The van der Waals surface area contributed by atoms with Crippen molar-refractivity contribution in [2.24, 2.45) is 12.2 Å². The Bertz CT molecular complexity index is 1130. The minimum absolute atomic E-state index is 0.0253. The van der Waals surface area contributed by atoms with Gasteiger partial charge in [-0.05, 0) is 41.5 Å². The highest BCUT2D eigenvalue weighted by atomic mass is 19.4. The van der Waals surface area contributed by atoms with Gasteiger partial charge in [0.1, 0.15) is 6.61 Å². The van der Waals surface area contributed by atoms with Gasteiger partial charge in [-0.25, -0.2) is 4.79 Å². The van der Waals surface area contributed by atoms with Gasteiger partial charge >= 0.3 is 11.9 Å². The molecule has 0 aliphatic heterocycles. The molecule has 0 aliphatic carbocycles. The Morgan fingerprint density at radius 1 is 1.13 bits per heavy atom. The Balaban J connectivity index is 1.92. The molecule has 0 unspecified atom stereocenters. The van der Waals surface area contributed by atoms with E-state index in [1.54, 1.807) is 19.1 Å². The summed E-state index contributed by atoms with van der Waals surface area (Å²) in [5.41, 5.74) is 0.863. The standard InChI is InChI=1S/C20H20F3N5O2/c1-4-17(14-9-5-6-10-16(14)20(21,22)23)24-30-12-15-13(2)8-7-11-18(15)28-19(29)27(3)25-26-28/h5-11H,4,12H2,1-3H3/b24-17-. The van der Waals surface area contributed by atoms with Gasteiger partial charge in [0.25, 0.3) is 0 Å². The highest BCUT2D eigenvalue weighted by Gasteiger charge is 2.34. The van der Waals surface area contributed by atoms with E-state index in [1.165, 1.54) is 25.2 Å². The van der Waals surface area contributed by atoms with Crippen molar-refractivity contribution in [1.29, 1.82) is 0 Å². The number of hydrogen-bond donors (Lipinski definition) is 0. The maximum atomic E-state index is 13.3. The van der Waals surface area contributed by atoms with E-state index >= 15 is 0 Å². The van der Waals surface area contributed by atoms with Crippen LogP contribution >= 0.6 is 0 Å². The first-order valence-corrected chi connectivity index (χ1v) is 9.17. The van der Waals surface area contributed by atoms with Crippen LogP contribution in [0, 0.1) is 6.92 Å². The second kappa shape index (κ2) is 8.52. The predicted octanol–water partition coefficient (Wildman–Crippen LogP) is 3.62. The Morgan fingerprint density at radius 2 is 1.87 bits per heavy atom. The number of alkyl halides is 3. The van der Waals surface area contributed by atoms with Crippen molar-refractivity contribution >= 4 is 5.71 Å². The molecule has 0 bridgehead atoms. The third-order valence-electron chi connectivity index (χ3n) is 4.60. The largest absolute Gasteiger partial charge is 0.417 e. The van der Waals surface area contributed by atoms with E-state index in [4.69, 9.17) is 4.84 Å². The molecule has 0 amide bonds. The van der Waals surface area contributed by atoms with E-state index in [-0.39, 0.29) is 24.3 Å². The summed E-state index contributed by atoms with van der Waals surface area (Å²) in [6.07, 6.45) is -4.25. The zero-order valence-corrected chi connectivity index (χ0v) is 16.6. The first-order valence-electron chi connectivity index (χ1n) is 9.17. The molecule has 0 saturated carbocycles. The van der Waals surface area contributed by atoms with Crippen LogP contribution in [0.5, 0.6) is 0 Å². The summed E-state index contributed by atoms with van der Waals surface area (Å²) in [7, 11) is 1.48. The Morgan fingerprint density at radius 3 is 2.50 bits per heavy atom. The van der Waals surface area contributed by atoms with Crippen LogP contribution < -0.4 is 5.69 Å². The molecule has 0 saturated heterocycles. The van der Waals surface area contributed by atoms with E-state index in [9.17, 15) is 18.0 Å². The molecule has 158 valence electrons. The molecule has 0 fully saturated rings. The minimum atomic E-state index is -4.50. The van der Waals surface area contributed by atoms with Crippen molar-refractivity contribution in [3.8, 4) is 5.69 Å². The van der Waals surface area contributed by atoms with Crippen molar-refractivity contribution in [2.75, 3.05) is 0 Å². The lowest BCUT2D eigenvalue weighted by atomic mass is 10.0. The predicted molar refractivity (Wildman–Crippen MR) is 104 cm³/mol. The Hall–Kier alpha value is -3.43. The summed E-state index contributed by atoms with van der Waals surface area (Å²) in [6.45, 7) is 3.48. The zero-order chi connectivity index (χ0) is 21.9. The normalized spacial score (nSPS) is 12.3. The second-order valence-corrected chi connectivity index (χ2v) is 6.58. The van der Waals surface area contributed by atoms with Gasteiger partial charge in [0, 0.05) is 18.2 Å².